The number of nitrogens with zero attached hydrogens (tertiary/aromatic N) is 4. The maximum atomic E-state index is 13.0. The van der Waals surface area contributed by atoms with E-state index in [2.05, 4.69) is 25.7 Å². The number of piperazine rings is 1. The molecule has 0 spiro atoms. The minimum atomic E-state index is -1.47. The van der Waals surface area contributed by atoms with Gasteiger partial charge < -0.3 is 9.45 Å². The van der Waals surface area contributed by atoms with Crippen LogP contribution in [0.1, 0.15) is 15.9 Å². The first-order valence-corrected chi connectivity index (χ1v) is 12.4. The fourth-order valence-electron chi connectivity index (χ4n) is 4.11. The summed E-state index contributed by atoms with van der Waals surface area (Å²) in [5.41, 5.74) is 3.21. The maximum Gasteiger partial charge on any atom is 0.253 e. The Morgan fingerprint density at radius 3 is 2.47 bits per heavy atom. The summed E-state index contributed by atoms with van der Waals surface area (Å²) in [6, 6.07) is 20.6. The Labute approximate surface area is 201 Å². The third-order valence-electron chi connectivity index (χ3n) is 5.93. The van der Waals surface area contributed by atoms with Crippen LogP contribution in [0.4, 0.5) is 5.69 Å². The molecule has 0 radical (unpaired) electrons. The zero-order valence-electron chi connectivity index (χ0n) is 18.6. The van der Waals surface area contributed by atoms with Crippen LogP contribution in [-0.2, 0) is 17.9 Å². The van der Waals surface area contributed by atoms with Crippen LogP contribution in [0.25, 0.3) is 10.9 Å². The SMILES string of the molecule is O=C(c1ccc(N[S+]([O-])c2cccc3cccnc23)cc1)N1CCN(Cc2cccnc2)CC1. The Morgan fingerprint density at radius 1 is 0.941 bits per heavy atom. The highest BCUT2D eigenvalue weighted by molar-refractivity contribution is 7.93. The topological polar surface area (TPSA) is 84.4 Å². The Hall–Kier alpha value is -3.46. The monoisotopic (exact) mass is 471 g/mol. The van der Waals surface area contributed by atoms with Gasteiger partial charge in [0.2, 0.25) is 4.90 Å². The van der Waals surface area contributed by atoms with Crippen molar-refractivity contribution in [2.24, 2.45) is 0 Å². The molecule has 1 fully saturated rings. The van der Waals surface area contributed by atoms with Gasteiger partial charge in [0.15, 0.2) is 0 Å². The molecule has 0 aliphatic carbocycles. The highest BCUT2D eigenvalue weighted by Crippen LogP contribution is 2.23. The summed E-state index contributed by atoms with van der Waals surface area (Å²) in [4.78, 5) is 26.4. The standard InChI is InChI=1S/C26H25N5O2S/c32-26(31-16-14-30(15-17-31)19-20-4-2-12-27-18-20)22-8-10-23(11-9-22)29-34(33)24-7-1-5-21-6-3-13-28-25(21)24/h1-13,18,29H,14-17,19H2. The molecule has 0 saturated carbocycles. The second-order valence-electron chi connectivity index (χ2n) is 8.21. The second-order valence-corrected chi connectivity index (χ2v) is 9.39. The molecule has 8 heteroatoms. The lowest BCUT2D eigenvalue weighted by atomic mass is 10.1. The number of para-hydroxylation sites is 1. The van der Waals surface area contributed by atoms with Gasteiger partial charge in [-0.2, -0.15) is 0 Å². The van der Waals surface area contributed by atoms with Gasteiger partial charge in [-0.05, 0) is 48.0 Å². The number of carbonyl (C=O) groups is 1. The summed E-state index contributed by atoms with van der Waals surface area (Å²) < 4.78 is 16.0. The van der Waals surface area contributed by atoms with Gasteiger partial charge in [0.25, 0.3) is 5.91 Å². The van der Waals surface area contributed by atoms with Crippen LogP contribution in [0, 0.1) is 0 Å². The fraction of sp³-hybridized carbons (Fsp3) is 0.192. The van der Waals surface area contributed by atoms with Crippen molar-refractivity contribution in [3.63, 3.8) is 0 Å². The average Bonchev–Trinajstić information content (AvgIpc) is 2.89. The largest absolute Gasteiger partial charge is 0.588 e. The van der Waals surface area contributed by atoms with Crippen molar-refractivity contribution < 1.29 is 9.35 Å². The molecular formula is C26H25N5O2S. The van der Waals surface area contributed by atoms with Crippen LogP contribution in [0.2, 0.25) is 0 Å². The highest BCUT2D eigenvalue weighted by atomic mass is 32.2. The van der Waals surface area contributed by atoms with Crippen LogP contribution in [-0.4, -0.2) is 56.4 Å². The minimum absolute atomic E-state index is 0.0203. The highest BCUT2D eigenvalue weighted by Gasteiger charge is 2.23. The molecule has 172 valence electrons. The normalized spacial score (nSPS) is 15.3. The van der Waals surface area contributed by atoms with E-state index in [0.717, 1.165) is 25.0 Å². The average molecular weight is 472 g/mol. The summed E-state index contributed by atoms with van der Waals surface area (Å²) in [5.74, 6) is 0.0203. The number of carbonyl (C=O) groups excluding carboxylic acids is 1. The second kappa shape index (κ2) is 10.2. The molecule has 34 heavy (non-hydrogen) atoms. The Kier molecular flexibility index (Phi) is 6.71. The number of rotatable bonds is 6. The molecule has 1 saturated heterocycles. The number of aromatic nitrogens is 2. The van der Waals surface area contributed by atoms with E-state index < -0.39 is 11.4 Å². The van der Waals surface area contributed by atoms with Gasteiger partial charge in [0.05, 0.1) is 5.69 Å². The van der Waals surface area contributed by atoms with Crippen molar-refractivity contribution in [3.05, 3.63) is 96.4 Å². The predicted molar refractivity (Wildman–Crippen MR) is 134 cm³/mol. The van der Waals surface area contributed by atoms with Crippen molar-refractivity contribution >= 4 is 33.9 Å². The molecule has 1 amide bonds. The van der Waals surface area contributed by atoms with Crippen molar-refractivity contribution in [3.8, 4) is 0 Å². The third kappa shape index (κ3) is 5.04. The molecule has 1 N–H and O–H groups in total. The van der Waals surface area contributed by atoms with E-state index in [0.29, 0.717) is 34.8 Å². The zero-order valence-corrected chi connectivity index (χ0v) is 19.4. The zero-order chi connectivity index (χ0) is 23.3. The van der Waals surface area contributed by atoms with Gasteiger partial charge in [0.1, 0.15) is 16.9 Å². The van der Waals surface area contributed by atoms with Crippen LogP contribution in [0.3, 0.4) is 0 Å². The number of hydrogen-bond donors (Lipinski definition) is 1. The smallest absolute Gasteiger partial charge is 0.253 e. The van der Waals surface area contributed by atoms with E-state index >= 15 is 0 Å². The number of pyridine rings is 2. The maximum absolute atomic E-state index is 13.0. The van der Waals surface area contributed by atoms with E-state index in [1.807, 2.05) is 47.5 Å². The number of amides is 1. The molecule has 4 aromatic rings. The molecule has 7 nitrogen and oxygen atoms in total. The summed E-state index contributed by atoms with van der Waals surface area (Å²) in [6.45, 7) is 3.89. The fourth-order valence-corrected chi connectivity index (χ4v) is 5.12. The third-order valence-corrected chi connectivity index (χ3v) is 7.08. The minimum Gasteiger partial charge on any atom is -0.588 e. The molecule has 3 heterocycles. The lowest BCUT2D eigenvalue weighted by Crippen LogP contribution is -2.48. The van der Waals surface area contributed by atoms with E-state index in [4.69, 9.17) is 0 Å². The number of anilines is 1. The van der Waals surface area contributed by atoms with Gasteiger partial charge >= 0.3 is 0 Å². The van der Waals surface area contributed by atoms with E-state index in [1.165, 1.54) is 5.56 Å². The molecular weight excluding hydrogens is 446 g/mol. The Morgan fingerprint density at radius 2 is 1.71 bits per heavy atom. The lowest BCUT2D eigenvalue weighted by molar-refractivity contribution is 0.0628. The van der Waals surface area contributed by atoms with Gasteiger partial charge in [-0.1, -0.05) is 24.3 Å². The van der Waals surface area contributed by atoms with E-state index in [9.17, 15) is 9.35 Å². The molecule has 1 atom stereocenters. The van der Waals surface area contributed by atoms with E-state index in [-0.39, 0.29) is 5.91 Å². The van der Waals surface area contributed by atoms with Gasteiger partial charge in [-0.3, -0.25) is 19.7 Å². The quantitative estimate of drug-likeness (QED) is 0.432. The molecule has 5 rings (SSSR count). The lowest BCUT2D eigenvalue weighted by Gasteiger charge is -2.34. The first kappa shape index (κ1) is 22.3. The van der Waals surface area contributed by atoms with Crippen molar-refractivity contribution in [1.82, 2.24) is 19.8 Å². The number of nitrogens with one attached hydrogen (secondary N) is 1. The Balaban J connectivity index is 1.18. The van der Waals surface area contributed by atoms with Gasteiger partial charge in [-0.15, -0.1) is 0 Å². The first-order valence-electron chi connectivity index (χ1n) is 11.2. The molecule has 2 aromatic carbocycles. The Bertz CT molecular complexity index is 1260. The number of hydrogen-bond acceptors (Lipinski definition) is 6. The van der Waals surface area contributed by atoms with Crippen LogP contribution >= 0.6 is 0 Å². The van der Waals surface area contributed by atoms with Crippen LogP contribution < -0.4 is 4.72 Å². The van der Waals surface area contributed by atoms with E-state index in [1.54, 1.807) is 36.7 Å². The summed E-state index contributed by atoms with van der Waals surface area (Å²) >= 11 is -1.47. The molecule has 1 aliphatic heterocycles. The van der Waals surface area contributed by atoms with Gasteiger partial charge in [-0.25, -0.2) is 4.72 Å². The number of benzene rings is 2. The molecule has 0 bridgehead atoms. The van der Waals surface area contributed by atoms with Crippen LogP contribution in [0.5, 0.6) is 0 Å². The number of fused-ring (bicyclic) bond motifs is 1. The van der Waals surface area contributed by atoms with Gasteiger partial charge in [0, 0.05) is 62.3 Å². The summed E-state index contributed by atoms with van der Waals surface area (Å²) in [7, 11) is 0. The summed E-state index contributed by atoms with van der Waals surface area (Å²) in [6.07, 6.45) is 5.36. The molecule has 1 unspecified atom stereocenters. The molecule has 2 aromatic heterocycles. The van der Waals surface area contributed by atoms with Crippen molar-refractivity contribution in [2.45, 2.75) is 11.4 Å². The molecule has 1 aliphatic rings. The predicted octanol–water partition coefficient (Wildman–Crippen LogP) is 3.72. The first-order chi connectivity index (χ1) is 16.7. The summed E-state index contributed by atoms with van der Waals surface area (Å²) in [5, 5.41) is 0.941. The van der Waals surface area contributed by atoms with Crippen molar-refractivity contribution in [1.29, 1.82) is 0 Å². The van der Waals surface area contributed by atoms with Crippen molar-refractivity contribution in [2.75, 3.05) is 30.9 Å². The van der Waals surface area contributed by atoms with Crippen LogP contribution in [0.15, 0.2) is 90.2 Å².